The smallest absolute Gasteiger partial charge is 0.249 e. The number of hydrogen-bond acceptors (Lipinski definition) is 6. The third kappa shape index (κ3) is 4.52. The molecule has 1 fully saturated rings. The van der Waals surface area contributed by atoms with Gasteiger partial charge in [-0.25, -0.2) is 4.98 Å². The minimum atomic E-state index is 0.0184. The van der Waals surface area contributed by atoms with Gasteiger partial charge in [0.15, 0.2) is 0 Å². The van der Waals surface area contributed by atoms with Crippen molar-refractivity contribution in [3.8, 4) is 22.0 Å². The van der Waals surface area contributed by atoms with Gasteiger partial charge in [0.25, 0.3) is 0 Å². The van der Waals surface area contributed by atoms with E-state index in [9.17, 15) is 4.79 Å². The van der Waals surface area contributed by atoms with Gasteiger partial charge in [-0.1, -0.05) is 54.1 Å². The Balaban J connectivity index is 1.29. The van der Waals surface area contributed by atoms with Gasteiger partial charge in [0, 0.05) is 17.0 Å². The molecule has 2 aromatic carbocycles. The predicted octanol–water partition coefficient (Wildman–Crippen LogP) is 5.25. The average Bonchev–Trinajstić information content (AvgIpc) is 3.34. The lowest BCUT2D eigenvalue weighted by Gasteiger charge is -2.20. The topological polar surface area (TPSA) is 72.1 Å². The molecule has 0 atom stereocenters. The monoisotopic (exact) mass is 450 g/mol. The van der Waals surface area contributed by atoms with E-state index in [-0.39, 0.29) is 24.9 Å². The number of carbonyl (C=O) groups is 1. The van der Waals surface area contributed by atoms with E-state index in [1.165, 1.54) is 0 Å². The van der Waals surface area contributed by atoms with Crippen LogP contribution in [0.15, 0.2) is 64.4 Å². The quantitative estimate of drug-likeness (QED) is 0.384. The fourth-order valence-corrected chi connectivity index (χ4v) is 4.41. The first kappa shape index (κ1) is 19.9. The molecule has 156 valence electrons. The molecular weight excluding hydrogens is 432 g/mol. The lowest BCUT2D eigenvalue weighted by atomic mass is 10.2. The molecule has 2 heterocycles. The average molecular weight is 451 g/mol. The van der Waals surface area contributed by atoms with Gasteiger partial charge in [0.1, 0.15) is 5.01 Å². The zero-order valence-electron chi connectivity index (χ0n) is 16.6. The number of thiazole rings is 1. The summed E-state index contributed by atoms with van der Waals surface area (Å²) in [7, 11) is 0. The summed E-state index contributed by atoms with van der Waals surface area (Å²) in [4.78, 5) is 19.5. The van der Waals surface area contributed by atoms with Gasteiger partial charge in [-0.05, 0) is 25.0 Å². The summed E-state index contributed by atoms with van der Waals surface area (Å²) in [5.41, 5.74) is 2.52. The van der Waals surface area contributed by atoms with Crippen LogP contribution in [0.25, 0.3) is 22.0 Å². The zero-order chi connectivity index (χ0) is 21.2. The van der Waals surface area contributed by atoms with Crippen molar-refractivity contribution in [3.63, 3.8) is 0 Å². The number of halogens is 1. The molecule has 0 radical (unpaired) electrons. The Kier molecular flexibility index (Phi) is 5.53. The van der Waals surface area contributed by atoms with Crippen molar-refractivity contribution < 1.29 is 9.21 Å². The van der Waals surface area contributed by atoms with Crippen molar-refractivity contribution in [2.75, 3.05) is 0 Å². The van der Waals surface area contributed by atoms with E-state index >= 15 is 0 Å². The second-order valence-electron chi connectivity index (χ2n) is 7.42. The molecule has 1 saturated carbocycles. The van der Waals surface area contributed by atoms with Crippen LogP contribution in [0.2, 0.25) is 5.02 Å². The van der Waals surface area contributed by atoms with Crippen LogP contribution < -0.4 is 0 Å². The van der Waals surface area contributed by atoms with E-state index in [1.807, 2.05) is 58.8 Å². The molecule has 1 amide bonds. The lowest BCUT2D eigenvalue weighted by Crippen LogP contribution is -2.34. The first-order chi connectivity index (χ1) is 15.2. The van der Waals surface area contributed by atoms with Crippen molar-refractivity contribution in [2.24, 2.45) is 0 Å². The largest absolute Gasteiger partial charge is 0.419 e. The Morgan fingerprint density at radius 2 is 1.87 bits per heavy atom. The van der Waals surface area contributed by atoms with Crippen molar-refractivity contribution in [1.29, 1.82) is 0 Å². The number of benzene rings is 2. The van der Waals surface area contributed by atoms with E-state index in [0.29, 0.717) is 22.4 Å². The molecule has 0 N–H and O–H groups in total. The van der Waals surface area contributed by atoms with Crippen LogP contribution in [-0.4, -0.2) is 32.0 Å². The second-order valence-corrected chi connectivity index (χ2v) is 8.69. The van der Waals surface area contributed by atoms with Crippen LogP contribution >= 0.6 is 22.9 Å². The summed E-state index contributed by atoms with van der Waals surface area (Å²) < 4.78 is 5.81. The lowest BCUT2D eigenvalue weighted by molar-refractivity contribution is -0.132. The van der Waals surface area contributed by atoms with Crippen molar-refractivity contribution >= 4 is 28.8 Å². The van der Waals surface area contributed by atoms with E-state index in [2.05, 4.69) is 15.2 Å². The van der Waals surface area contributed by atoms with Gasteiger partial charge in [-0.3, -0.25) is 4.79 Å². The van der Waals surface area contributed by atoms with E-state index in [1.54, 1.807) is 17.4 Å². The number of carbonyl (C=O) groups excluding carboxylic acids is 1. The van der Waals surface area contributed by atoms with Crippen LogP contribution in [0.5, 0.6) is 0 Å². The molecule has 1 aliphatic rings. The van der Waals surface area contributed by atoms with E-state index < -0.39 is 0 Å². The van der Waals surface area contributed by atoms with Crippen molar-refractivity contribution in [3.05, 3.63) is 76.6 Å². The normalized spacial score (nSPS) is 13.3. The van der Waals surface area contributed by atoms with Crippen molar-refractivity contribution in [2.45, 2.75) is 31.8 Å². The van der Waals surface area contributed by atoms with E-state index in [0.717, 1.165) is 29.1 Å². The standard InChI is InChI=1S/C23H19ClN4O2S/c24-19-9-5-4-8-18(19)22-27-26-20(30-22)13-28(17-10-11-17)21(29)12-16-14-31-23(25-16)15-6-2-1-3-7-15/h1-9,14,17H,10-13H2. The molecule has 31 heavy (non-hydrogen) atoms. The van der Waals surface area contributed by atoms with Crippen LogP contribution in [0, 0.1) is 0 Å². The molecule has 6 nitrogen and oxygen atoms in total. The van der Waals surface area contributed by atoms with Gasteiger partial charge in [-0.2, -0.15) is 0 Å². The summed E-state index contributed by atoms with van der Waals surface area (Å²) in [6.07, 6.45) is 2.23. The molecule has 0 aliphatic heterocycles. The third-order valence-corrected chi connectivity index (χ3v) is 6.36. The molecule has 5 rings (SSSR count). The summed E-state index contributed by atoms with van der Waals surface area (Å²) in [6, 6.07) is 17.5. The van der Waals surface area contributed by atoms with Crippen molar-refractivity contribution in [1.82, 2.24) is 20.1 Å². The highest BCUT2D eigenvalue weighted by atomic mass is 35.5. The van der Waals surface area contributed by atoms with Gasteiger partial charge < -0.3 is 9.32 Å². The number of nitrogens with zero attached hydrogens (tertiary/aromatic N) is 4. The van der Waals surface area contributed by atoms with Gasteiger partial charge in [-0.15, -0.1) is 21.5 Å². The van der Waals surface area contributed by atoms with Gasteiger partial charge in [0.2, 0.25) is 17.7 Å². The second kappa shape index (κ2) is 8.61. The zero-order valence-corrected chi connectivity index (χ0v) is 18.1. The van der Waals surface area contributed by atoms with E-state index in [4.69, 9.17) is 16.0 Å². The number of amides is 1. The molecule has 0 saturated heterocycles. The highest BCUT2D eigenvalue weighted by molar-refractivity contribution is 7.13. The Bertz CT molecular complexity index is 1200. The Morgan fingerprint density at radius 3 is 2.65 bits per heavy atom. The molecule has 0 unspecified atom stereocenters. The Morgan fingerprint density at radius 1 is 1.10 bits per heavy atom. The first-order valence-electron chi connectivity index (χ1n) is 10.0. The van der Waals surface area contributed by atoms with Crippen LogP contribution in [-0.2, 0) is 17.8 Å². The predicted molar refractivity (Wildman–Crippen MR) is 120 cm³/mol. The Labute approximate surface area is 188 Å². The highest BCUT2D eigenvalue weighted by Gasteiger charge is 2.34. The first-order valence-corrected chi connectivity index (χ1v) is 11.3. The highest BCUT2D eigenvalue weighted by Crippen LogP contribution is 2.31. The molecule has 8 heteroatoms. The minimum absolute atomic E-state index is 0.0184. The summed E-state index contributed by atoms with van der Waals surface area (Å²) in [5, 5.41) is 11.7. The Hall–Kier alpha value is -3.03. The molecule has 2 aromatic heterocycles. The summed E-state index contributed by atoms with van der Waals surface area (Å²) >= 11 is 7.77. The van der Waals surface area contributed by atoms with Crippen LogP contribution in [0.4, 0.5) is 0 Å². The summed E-state index contributed by atoms with van der Waals surface area (Å²) in [6.45, 7) is 0.288. The number of aromatic nitrogens is 3. The molecule has 1 aliphatic carbocycles. The molecule has 0 bridgehead atoms. The maximum Gasteiger partial charge on any atom is 0.249 e. The molecule has 4 aromatic rings. The maximum absolute atomic E-state index is 13.1. The summed E-state index contributed by atoms with van der Waals surface area (Å²) in [5.74, 6) is 0.777. The number of hydrogen-bond donors (Lipinski definition) is 0. The van der Waals surface area contributed by atoms with Crippen LogP contribution in [0.3, 0.4) is 0 Å². The maximum atomic E-state index is 13.1. The van der Waals surface area contributed by atoms with Gasteiger partial charge >= 0.3 is 0 Å². The fraction of sp³-hybridized carbons (Fsp3) is 0.217. The van der Waals surface area contributed by atoms with Crippen LogP contribution in [0.1, 0.15) is 24.4 Å². The molecular formula is C23H19ClN4O2S. The SMILES string of the molecule is O=C(Cc1csc(-c2ccccc2)n1)N(Cc1nnc(-c2ccccc2Cl)o1)C1CC1. The van der Waals surface area contributed by atoms with Gasteiger partial charge in [0.05, 0.1) is 29.2 Å². The third-order valence-electron chi connectivity index (χ3n) is 5.09. The number of rotatable bonds is 7. The fourth-order valence-electron chi connectivity index (χ4n) is 3.37. The molecule has 0 spiro atoms. The minimum Gasteiger partial charge on any atom is -0.419 e.